The van der Waals surface area contributed by atoms with Crippen LogP contribution in [0.4, 0.5) is 5.69 Å². The lowest BCUT2D eigenvalue weighted by molar-refractivity contribution is 0.102. The molecule has 3 rings (SSSR count). The minimum atomic E-state index is -3.49. The van der Waals surface area contributed by atoms with E-state index in [0.29, 0.717) is 11.3 Å². The molecule has 1 fully saturated rings. The molecule has 2 aromatic rings. The van der Waals surface area contributed by atoms with E-state index in [1.165, 1.54) is 16.4 Å². The Labute approximate surface area is 152 Å². The van der Waals surface area contributed by atoms with Gasteiger partial charge in [0.1, 0.15) is 0 Å². The summed E-state index contributed by atoms with van der Waals surface area (Å²) in [4.78, 5) is 13.6. The Kier molecular flexibility index (Phi) is 5.17. The van der Waals surface area contributed by atoms with Gasteiger partial charge in [-0.1, -0.05) is 0 Å². The number of anilines is 1. The SMILES string of the molecule is CSc1ccc(NC(=O)c2ccc(S(=O)(=O)N(C)C3CC3)cc2)cc1. The van der Waals surface area contributed by atoms with Gasteiger partial charge in [0, 0.05) is 29.2 Å². The zero-order valence-electron chi connectivity index (χ0n) is 14.1. The second kappa shape index (κ2) is 7.19. The summed E-state index contributed by atoms with van der Waals surface area (Å²) in [5.41, 5.74) is 1.12. The van der Waals surface area contributed by atoms with Gasteiger partial charge in [-0.05, 0) is 67.6 Å². The quantitative estimate of drug-likeness (QED) is 0.784. The maximum absolute atomic E-state index is 12.5. The second-order valence-corrected chi connectivity index (χ2v) is 8.84. The molecule has 7 heteroatoms. The molecule has 0 aromatic heterocycles. The Hall–Kier alpha value is -1.83. The van der Waals surface area contributed by atoms with Crippen LogP contribution in [-0.2, 0) is 10.0 Å². The predicted octanol–water partition coefficient (Wildman–Crippen LogP) is 3.44. The fraction of sp³-hybridized carbons (Fsp3) is 0.278. The number of benzene rings is 2. The summed E-state index contributed by atoms with van der Waals surface area (Å²) in [6, 6.07) is 13.7. The molecule has 132 valence electrons. The zero-order valence-corrected chi connectivity index (χ0v) is 15.7. The molecule has 1 saturated carbocycles. The van der Waals surface area contributed by atoms with Gasteiger partial charge < -0.3 is 5.32 Å². The van der Waals surface area contributed by atoms with Crippen molar-refractivity contribution in [2.75, 3.05) is 18.6 Å². The van der Waals surface area contributed by atoms with Crippen molar-refractivity contribution < 1.29 is 13.2 Å². The normalized spacial score (nSPS) is 14.5. The fourth-order valence-corrected chi connectivity index (χ4v) is 4.28. The summed E-state index contributed by atoms with van der Waals surface area (Å²) >= 11 is 1.63. The number of nitrogens with zero attached hydrogens (tertiary/aromatic N) is 1. The van der Waals surface area contributed by atoms with Gasteiger partial charge >= 0.3 is 0 Å². The molecular weight excluding hydrogens is 356 g/mol. The summed E-state index contributed by atoms with van der Waals surface area (Å²) in [7, 11) is -1.88. The third-order valence-electron chi connectivity index (χ3n) is 4.20. The third-order valence-corrected chi connectivity index (χ3v) is 6.87. The Morgan fingerprint density at radius 3 is 2.20 bits per heavy atom. The minimum Gasteiger partial charge on any atom is -0.322 e. The number of sulfonamides is 1. The first-order valence-electron chi connectivity index (χ1n) is 7.95. The van der Waals surface area contributed by atoms with E-state index in [4.69, 9.17) is 0 Å². The first-order valence-corrected chi connectivity index (χ1v) is 10.6. The molecule has 25 heavy (non-hydrogen) atoms. The van der Waals surface area contributed by atoms with E-state index in [0.717, 1.165) is 17.7 Å². The molecule has 1 amide bonds. The van der Waals surface area contributed by atoms with E-state index < -0.39 is 10.0 Å². The van der Waals surface area contributed by atoms with Crippen LogP contribution in [0.3, 0.4) is 0 Å². The molecule has 1 N–H and O–H groups in total. The smallest absolute Gasteiger partial charge is 0.255 e. The number of rotatable bonds is 6. The van der Waals surface area contributed by atoms with Crippen LogP contribution in [0.2, 0.25) is 0 Å². The van der Waals surface area contributed by atoms with Crippen LogP contribution in [0, 0.1) is 0 Å². The van der Waals surface area contributed by atoms with Crippen LogP contribution in [0.15, 0.2) is 58.3 Å². The number of amides is 1. The van der Waals surface area contributed by atoms with E-state index in [9.17, 15) is 13.2 Å². The standard InChI is InChI=1S/C18H20N2O3S2/c1-20(15-7-8-15)25(22,23)17-11-3-13(4-12-17)18(21)19-14-5-9-16(24-2)10-6-14/h3-6,9-12,15H,7-8H2,1-2H3,(H,19,21). The van der Waals surface area contributed by atoms with E-state index in [-0.39, 0.29) is 16.8 Å². The van der Waals surface area contributed by atoms with Gasteiger partial charge in [-0.2, -0.15) is 4.31 Å². The molecular formula is C18H20N2O3S2. The number of nitrogens with one attached hydrogen (secondary N) is 1. The molecule has 1 aliphatic carbocycles. The van der Waals surface area contributed by atoms with Gasteiger partial charge in [0.25, 0.3) is 5.91 Å². The Morgan fingerprint density at radius 2 is 1.68 bits per heavy atom. The molecule has 0 spiro atoms. The maximum atomic E-state index is 12.5. The second-order valence-electron chi connectivity index (χ2n) is 5.96. The molecule has 0 saturated heterocycles. The highest BCUT2D eigenvalue weighted by atomic mass is 32.2. The van der Waals surface area contributed by atoms with Crippen LogP contribution in [0.1, 0.15) is 23.2 Å². The van der Waals surface area contributed by atoms with Crippen molar-refractivity contribution >= 4 is 33.4 Å². The summed E-state index contributed by atoms with van der Waals surface area (Å²) in [6.07, 6.45) is 3.81. The topological polar surface area (TPSA) is 66.5 Å². The van der Waals surface area contributed by atoms with Crippen LogP contribution < -0.4 is 5.32 Å². The van der Waals surface area contributed by atoms with Gasteiger partial charge in [0.05, 0.1) is 4.90 Å². The monoisotopic (exact) mass is 376 g/mol. The zero-order chi connectivity index (χ0) is 18.0. The van der Waals surface area contributed by atoms with Gasteiger partial charge in [0.15, 0.2) is 0 Å². The number of carbonyl (C=O) groups excluding carboxylic acids is 1. The van der Waals surface area contributed by atoms with Gasteiger partial charge in [-0.25, -0.2) is 8.42 Å². The van der Waals surface area contributed by atoms with Crippen LogP contribution in [-0.4, -0.2) is 38.0 Å². The van der Waals surface area contributed by atoms with E-state index >= 15 is 0 Å². The van der Waals surface area contributed by atoms with Crippen molar-refractivity contribution in [2.24, 2.45) is 0 Å². The predicted molar refractivity (Wildman–Crippen MR) is 101 cm³/mol. The van der Waals surface area contributed by atoms with Crippen molar-refractivity contribution in [3.05, 3.63) is 54.1 Å². The highest BCUT2D eigenvalue weighted by molar-refractivity contribution is 7.98. The lowest BCUT2D eigenvalue weighted by Gasteiger charge is -2.16. The summed E-state index contributed by atoms with van der Waals surface area (Å²) in [5, 5.41) is 2.81. The highest BCUT2D eigenvalue weighted by Gasteiger charge is 2.34. The average molecular weight is 377 g/mol. The highest BCUT2D eigenvalue weighted by Crippen LogP contribution is 2.30. The largest absolute Gasteiger partial charge is 0.322 e. The molecule has 0 radical (unpaired) electrons. The molecule has 0 heterocycles. The average Bonchev–Trinajstić information content (AvgIpc) is 3.47. The Balaban J connectivity index is 1.71. The van der Waals surface area contributed by atoms with E-state index in [1.807, 2.05) is 30.5 Å². The molecule has 0 unspecified atom stereocenters. The number of hydrogen-bond acceptors (Lipinski definition) is 4. The van der Waals surface area contributed by atoms with E-state index in [2.05, 4.69) is 5.32 Å². The van der Waals surface area contributed by atoms with Crippen LogP contribution in [0.25, 0.3) is 0 Å². The molecule has 0 atom stereocenters. The lowest BCUT2D eigenvalue weighted by atomic mass is 10.2. The molecule has 5 nitrogen and oxygen atoms in total. The van der Waals surface area contributed by atoms with Crippen molar-refractivity contribution in [1.82, 2.24) is 4.31 Å². The molecule has 0 aliphatic heterocycles. The Bertz CT molecular complexity index is 858. The number of hydrogen-bond donors (Lipinski definition) is 1. The van der Waals surface area contributed by atoms with Crippen LogP contribution in [0.5, 0.6) is 0 Å². The molecule has 0 bridgehead atoms. The summed E-state index contributed by atoms with van der Waals surface area (Å²) in [6.45, 7) is 0. The number of carbonyl (C=O) groups is 1. The van der Waals surface area contributed by atoms with Crippen molar-refractivity contribution in [3.8, 4) is 0 Å². The van der Waals surface area contributed by atoms with Gasteiger partial charge in [-0.3, -0.25) is 4.79 Å². The van der Waals surface area contributed by atoms with Crippen LogP contribution >= 0.6 is 11.8 Å². The van der Waals surface area contributed by atoms with Gasteiger partial charge in [0.2, 0.25) is 10.0 Å². The van der Waals surface area contributed by atoms with Crippen molar-refractivity contribution in [1.29, 1.82) is 0 Å². The Morgan fingerprint density at radius 1 is 1.08 bits per heavy atom. The first-order chi connectivity index (χ1) is 11.9. The summed E-state index contributed by atoms with van der Waals surface area (Å²) < 4.78 is 26.4. The summed E-state index contributed by atoms with van der Waals surface area (Å²) in [5.74, 6) is -0.267. The lowest BCUT2D eigenvalue weighted by Crippen LogP contribution is -2.29. The molecule has 1 aliphatic rings. The van der Waals surface area contributed by atoms with Crippen molar-refractivity contribution in [3.63, 3.8) is 0 Å². The third kappa shape index (κ3) is 4.05. The fourth-order valence-electron chi connectivity index (χ4n) is 2.46. The maximum Gasteiger partial charge on any atom is 0.255 e. The van der Waals surface area contributed by atoms with E-state index in [1.54, 1.807) is 30.9 Å². The van der Waals surface area contributed by atoms with Crippen molar-refractivity contribution in [2.45, 2.75) is 28.7 Å². The molecule has 2 aromatic carbocycles. The van der Waals surface area contributed by atoms with Gasteiger partial charge in [-0.15, -0.1) is 11.8 Å². The minimum absolute atomic E-state index is 0.109. The first kappa shape index (κ1) is 18.0. The number of thioether (sulfide) groups is 1.